The smallest absolute Gasteiger partial charge is 0.316 e. The Kier molecular flexibility index (Phi) is 6.09. The molecule has 2 heterocycles. The topological polar surface area (TPSA) is 105 Å². The van der Waals surface area contributed by atoms with Crippen molar-refractivity contribution in [3.8, 4) is 5.75 Å². The summed E-state index contributed by atoms with van der Waals surface area (Å²) in [6, 6.07) is 3.93. The number of rotatable bonds is 4. The number of nitrogens with zero attached hydrogens (tertiary/aromatic N) is 4. The van der Waals surface area contributed by atoms with Crippen molar-refractivity contribution in [2.45, 2.75) is 6.54 Å². The van der Waals surface area contributed by atoms with Crippen molar-refractivity contribution in [2.75, 3.05) is 26.0 Å². The van der Waals surface area contributed by atoms with E-state index in [0.29, 0.717) is 11.8 Å². The number of amides is 2. The van der Waals surface area contributed by atoms with Crippen molar-refractivity contribution >= 4 is 46.3 Å². The molecule has 1 N–H and O–H groups in total. The van der Waals surface area contributed by atoms with Crippen LogP contribution in [0.3, 0.4) is 0 Å². The quantitative estimate of drug-likeness (QED) is 0.470. The number of hydrogen-bond acceptors (Lipinski definition) is 5. The van der Waals surface area contributed by atoms with Gasteiger partial charge in [-0.1, -0.05) is 17.7 Å². The number of aromatic nitrogens is 2. The summed E-state index contributed by atoms with van der Waals surface area (Å²) >= 11 is 5.83. The zero-order chi connectivity index (χ0) is 23.9. The molecule has 11 heteroatoms. The Balaban J connectivity index is 2.29. The number of fused-ring (bicyclic) bond motifs is 1. The van der Waals surface area contributed by atoms with Gasteiger partial charge in [-0.25, -0.2) is 4.39 Å². The van der Waals surface area contributed by atoms with Gasteiger partial charge in [0.15, 0.2) is 12.0 Å². The molecule has 0 fully saturated rings. The first kappa shape index (κ1) is 23.0. The van der Waals surface area contributed by atoms with E-state index >= 15 is 0 Å². The average Bonchev–Trinajstić information content (AvgIpc) is 3.01. The summed E-state index contributed by atoms with van der Waals surface area (Å²) in [6.07, 6.45) is 1.71. The molecule has 1 aromatic carbocycles. The third-order valence-corrected chi connectivity index (χ3v) is 5.40. The minimum absolute atomic E-state index is 0.0732. The lowest BCUT2D eigenvalue weighted by molar-refractivity contribution is -0.142. The molecule has 2 aromatic heterocycles. The molecule has 0 aliphatic heterocycles. The zero-order valence-electron chi connectivity index (χ0n) is 17.7. The minimum atomic E-state index is -0.889. The summed E-state index contributed by atoms with van der Waals surface area (Å²) in [5.74, 6) is -2.87. The van der Waals surface area contributed by atoms with Crippen molar-refractivity contribution in [1.29, 1.82) is 0 Å². The number of hydrogen-bond donors (Lipinski definition) is 1. The van der Waals surface area contributed by atoms with Crippen LogP contribution in [0.15, 0.2) is 29.2 Å². The monoisotopic (exact) mass is 462 g/mol. The fourth-order valence-electron chi connectivity index (χ4n) is 3.38. The number of aldehydes is 1. The third kappa shape index (κ3) is 3.73. The van der Waals surface area contributed by atoms with Gasteiger partial charge in [-0.05, 0) is 17.7 Å². The van der Waals surface area contributed by atoms with Crippen LogP contribution >= 0.6 is 11.6 Å². The second-order valence-electron chi connectivity index (χ2n) is 7.39. The summed E-state index contributed by atoms with van der Waals surface area (Å²) in [6.45, 7) is -0.0732. The van der Waals surface area contributed by atoms with Gasteiger partial charge in [0.2, 0.25) is 0 Å². The van der Waals surface area contributed by atoms with Crippen molar-refractivity contribution in [2.24, 2.45) is 7.05 Å². The van der Waals surface area contributed by atoms with Crippen LogP contribution in [0, 0.1) is 5.82 Å². The van der Waals surface area contributed by atoms with E-state index in [9.17, 15) is 28.7 Å². The van der Waals surface area contributed by atoms with Crippen molar-refractivity contribution in [3.05, 3.63) is 56.8 Å². The SMILES string of the molecule is CN(C)C(=O)C(=O)N(C)c1cn(Cc2ccc(F)c(Cl)c2)c(=O)c2c(O)c(C=O)n(C)c12. The van der Waals surface area contributed by atoms with Crippen LogP contribution in [0.4, 0.5) is 10.1 Å². The Hall–Kier alpha value is -3.66. The number of benzene rings is 1. The first-order valence-electron chi connectivity index (χ1n) is 9.32. The summed E-state index contributed by atoms with van der Waals surface area (Å²) in [5.41, 5.74) is -0.122. The number of aryl methyl sites for hydroxylation is 1. The van der Waals surface area contributed by atoms with Crippen LogP contribution in [-0.2, 0) is 23.2 Å². The molecule has 0 spiro atoms. The lowest BCUT2D eigenvalue weighted by Crippen LogP contribution is -2.41. The molecule has 0 radical (unpaired) electrons. The highest BCUT2D eigenvalue weighted by Gasteiger charge is 2.28. The predicted octanol–water partition coefficient (Wildman–Crippen LogP) is 1.75. The lowest BCUT2D eigenvalue weighted by atomic mass is 10.2. The number of carbonyl (C=O) groups excluding carboxylic acids is 3. The first-order chi connectivity index (χ1) is 15.0. The molecule has 0 aliphatic carbocycles. The maximum atomic E-state index is 13.5. The van der Waals surface area contributed by atoms with E-state index in [1.807, 2.05) is 0 Å². The van der Waals surface area contributed by atoms with E-state index in [4.69, 9.17) is 11.6 Å². The second-order valence-corrected chi connectivity index (χ2v) is 7.80. The van der Waals surface area contributed by atoms with Gasteiger partial charge in [0.05, 0.1) is 22.8 Å². The molecule has 32 heavy (non-hydrogen) atoms. The van der Waals surface area contributed by atoms with E-state index in [-0.39, 0.29) is 33.9 Å². The average molecular weight is 463 g/mol. The molecule has 0 saturated heterocycles. The van der Waals surface area contributed by atoms with Crippen molar-refractivity contribution < 1.29 is 23.9 Å². The summed E-state index contributed by atoms with van der Waals surface area (Å²) in [7, 11) is 5.63. The molecule has 0 saturated carbocycles. The molecule has 0 atom stereocenters. The van der Waals surface area contributed by atoms with E-state index in [2.05, 4.69) is 0 Å². The normalized spacial score (nSPS) is 10.9. The van der Waals surface area contributed by atoms with Crippen LogP contribution in [-0.4, -0.2) is 58.4 Å². The molecule has 3 aromatic rings. The molecule has 0 bridgehead atoms. The Bertz CT molecular complexity index is 1330. The Morgan fingerprint density at radius 1 is 1.22 bits per heavy atom. The predicted molar refractivity (Wildman–Crippen MR) is 117 cm³/mol. The van der Waals surface area contributed by atoms with Gasteiger partial charge in [-0.2, -0.15) is 0 Å². The number of pyridine rings is 1. The number of carbonyl (C=O) groups is 3. The Morgan fingerprint density at radius 3 is 2.44 bits per heavy atom. The lowest BCUT2D eigenvalue weighted by Gasteiger charge is -2.21. The van der Waals surface area contributed by atoms with Crippen LogP contribution < -0.4 is 10.5 Å². The van der Waals surface area contributed by atoms with Gasteiger partial charge in [0, 0.05) is 34.4 Å². The highest BCUT2D eigenvalue weighted by atomic mass is 35.5. The maximum absolute atomic E-state index is 13.5. The van der Waals surface area contributed by atoms with E-state index in [1.54, 1.807) is 0 Å². The highest BCUT2D eigenvalue weighted by Crippen LogP contribution is 2.34. The van der Waals surface area contributed by atoms with Crippen LogP contribution in [0.2, 0.25) is 5.02 Å². The van der Waals surface area contributed by atoms with E-state index in [0.717, 1.165) is 15.9 Å². The summed E-state index contributed by atoms with van der Waals surface area (Å²) in [4.78, 5) is 51.7. The first-order valence-corrected chi connectivity index (χ1v) is 9.70. The maximum Gasteiger partial charge on any atom is 0.316 e. The molecular weight excluding hydrogens is 443 g/mol. The molecule has 9 nitrogen and oxygen atoms in total. The number of likely N-dealkylation sites (N-methyl/N-ethyl adjacent to an activating group) is 2. The third-order valence-electron chi connectivity index (χ3n) is 5.11. The zero-order valence-corrected chi connectivity index (χ0v) is 18.5. The standard InChI is InChI=1S/C21H20ClFN4O5/c1-24(2)20(31)21(32)26(4)14-9-27(8-11-5-6-13(23)12(22)7-11)19(30)16-17(14)25(3)15(10-28)18(16)29/h5-7,9-10,29H,8H2,1-4H3. The van der Waals surface area contributed by atoms with Gasteiger partial charge in [-0.3, -0.25) is 19.2 Å². The van der Waals surface area contributed by atoms with Gasteiger partial charge in [0.1, 0.15) is 16.9 Å². The van der Waals surface area contributed by atoms with E-state index < -0.39 is 28.9 Å². The van der Waals surface area contributed by atoms with Gasteiger partial charge >= 0.3 is 11.8 Å². The number of halogens is 2. The Morgan fingerprint density at radius 2 is 1.88 bits per heavy atom. The van der Waals surface area contributed by atoms with Crippen molar-refractivity contribution in [1.82, 2.24) is 14.0 Å². The Labute approximate surface area is 186 Å². The molecule has 168 valence electrons. The van der Waals surface area contributed by atoms with Crippen molar-refractivity contribution in [3.63, 3.8) is 0 Å². The van der Waals surface area contributed by atoms with Crippen LogP contribution in [0.25, 0.3) is 10.9 Å². The molecule has 2 amide bonds. The van der Waals surface area contributed by atoms with Gasteiger partial charge in [-0.15, -0.1) is 0 Å². The molecule has 0 aliphatic rings. The van der Waals surface area contributed by atoms with Gasteiger partial charge in [0.25, 0.3) is 5.56 Å². The van der Waals surface area contributed by atoms with E-state index in [1.165, 1.54) is 55.7 Å². The largest absolute Gasteiger partial charge is 0.505 e. The highest BCUT2D eigenvalue weighted by molar-refractivity contribution is 6.40. The number of aromatic hydroxyl groups is 1. The summed E-state index contributed by atoms with van der Waals surface area (Å²) < 4.78 is 16.0. The molecular formula is C21H20ClFN4O5. The number of anilines is 1. The molecule has 3 rings (SSSR count). The minimum Gasteiger partial charge on any atom is -0.505 e. The van der Waals surface area contributed by atoms with Crippen LogP contribution in [0.5, 0.6) is 5.75 Å². The fourth-order valence-corrected chi connectivity index (χ4v) is 3.58. The van der Waals surface area contributed by atoms with Gasteiger partial charge < -0.3 is 24.0 Å². The second kappa shape index (κ2) is 8.46. The molecule has 0 unspecified atom stereocenters. The summed E-state index contributed by atoms with van der Waals surface area (Å²) in [5, 5.41) is 10.2. The van der Waals surface area contributed by atoms with Crippen LogP contribution in [0.1, 0.15) is 16.1 Å². The fraction of sp³-hybridized carbons (Fsp3) is 0.238.